The second-order valence-electron chi connectivity index (χ2n) is 3.81. The van der Waals surface area contributed by atoms with Crippen LogP contribution in [0.5, 0.6) is 0 Å². The lowest BCUT2D eigenvalue weighted by Crippen LogP contribution is -2.16. The van der Waals surface area contributed by atoms with Gasteiger partial charge in [0.05, 0.1) is 0 Å². The quantitative estimate of drug-likeness (QED) is 0.446. The zero-order chi connectivity index (χ0) is 8.01. The number of hydrogen-bond donors (Lipinski definition) is 1. The van der Waals surface area contributed by atoms with Gasteiger partial charge in [0.2, 0.25) is 0 Å². The topological polar surface area (TPSA) is 21.9 Å². The first-order chi connectivity index (χ1) is 5.20. The van der Waals surface area contributed by atoms with Crippen LogP contribution in [0.1, 0.15) is 20.3 Å². The lowest BCUT2D eigenvalue weighted by Gasteiger charge is -2.17. The average Bonchev–Trinajstić information content (AvgIpc) is 2.66. The van der Waals surface area contributed by atoms with Crippen LogP contribution < -0.4 is 5.32 Å². The van der Waals surface area contributed by atoms with E-state index in [4.69, 9.17) is 0 Å². The molecular weight excluding hydrogens is 134 g/mol. The highest BCUT2D eigenvalue weighted by molar-refractivity contribution is 5.30. The Bertz CT molecular complexity index is 227. The van der Waals surface area contributed by atoms with Crippen LogP contribution in [0.15, 0.2) is 23.8 Å². The first kappa shape index (κ1) is 7.11. The second-order valence-corrected chi connectivity index (χ2v) is 3.81. The summed E-state index contributed by atoms with van der Waals surface area (Å²) in [7, 11) is 0. The van der Waals surface area contributed by atoms with Gasteiger partial charge in [-0.3, -0.25) is 0 Å². The van der Waals surface area contributed by atoms with Crippen LogP contribution in [-0.2, 0) is 0 Å². The molecule has 1 fully saturated rings. The molecule has 2 aliphatic rings. The van der Waals surface area contributed by atoms with E-state index in [1.165, 1.54) is 17.6 Å². The first-order valence-electron chi connectivity index (χ1n) is 4.28. The summed E-state index contributed by atoms with van der Waals surface area (Å²) in [4.78, 5) is 0. The summed E-state index contributed by atoms with van der Waals surface area (Å²) in [5.41, 5.74) is 2.85. The molecule has 3 atom stereocenters. The van der Waals surface area contributed by atoms with Gasteiger partial charge in [0, 0.05) is 12.1 Å². The highest BCUT2D eigenvalue weighted by Gasteiger charge is 2.45. The van der Waals surface area contributed by atoms with Gasteiger partial charge in [-0.2, -0.15) is 0 Å². The van der Waals surface area contributed by atoms with Crippen LogP contribution in [0.25, 0.3) is 0 Å². The number of allylic oxidation sites excluding steroid dienone is 1. The smallest absolute Gasteiger partial charge is 0.0441 e. The monoisotopic (exact) mass is 149 g/mol. The molecule has 1 heteroatoms. The largest absolute Gasteiger partial charge is 0.304 e. The molecule has 3 unspecified atom stereocenters. The maximum absolute atomic E-state index is 4.01. The van der Waals surface area contributed by atoms with E-state index in [0.29, 0.717) is 12.0 Å². The highest BCUT2D eigenvalue weighted by atomic mass is 15.2. The van der Waals surface area contributed by atoms with Crippen molar-refractivity contribution in [1.82, 2.24) is 5.32 Å². The molecule has 1 aliphatic heterocycles. The minimum Gasteiger partial charge on any atom is -0.304 e. The van der Waals surface area contributed by atoms with Crippen molar-refractivity contribution in [1.29, 1.82) is 0 Å². The molecule has 0 aromatic rings. The molecule has 1 aliphatic carbocycles. The van der Waals surface area contributed by atoms with Gasteiger partial charge < -0.3 is 5.32 Å². The Morgan fingerprint density at radius 2 is 2.45 bits per heavy atom. The summed E-state index contributed by atoms with van der Waals surface area (Å²) >= 11 is 0. The van der Waals surface area contributed by atoms with Crippen LogP contribution in [0, 0.1) is 5.92 Å². The van der Waals surface area contributed by atoms with Crippen molar-refractivity contribution in [3.05, 3.63) is 23.8 Å². The van der Waals surface area contributed by atoms with Crippen LogP contribution in [-0.4, -0.2) is 12.1 Å². The van der Waals surface area contributed by atoms with Gasteiger partial charge in [-0.15, -0.1) is 0 Å². The summed E-state index contributed by atoms with van der Waals surface area (Å²) in [5.74, 6) is 0.698. The Morgan fingerprint density at radius 1 is 1.73 bits per heavy atom. The lowest BCUT2D eigenvalue weighted by molar-refractivity contribution is 0.584. The molecule has 0 saturated carbocycles. The van der Waals surface area contributed by atoms with Gasteiger partial charge >= 0.3 is 0 Å². The first-order valence-corrected chi connectivity index (χ1v) is 4.28. The molecule has 60 valence electrons. The minimum absolute atomic E-state index is 0.686. The number of nitrogens with one attached hydrogen (secondary N) is 1. The number of hydrogen-bond acceptors (Lipinski definition) is 1. The van der Waals surface area contributed by atoms with Crippen molar-refractivity contribution < 1.29 is 0 Å². The second kappa shape index (κ2) is 2.21. The van der Waals surface area contributed by atoms with Gasteiger partial charge in [-0.25, -0.2) is 0 Å². The lowest BCUT2D eigenvalue weighted by atomic mass is 9.86. The molecule has 1 saturated heterocycles. The van der Waals surface area contributed by atoms with Crippen molar-refractivity contribution in [2.75, 3.05) is 0 Å². The van der Waals surface area contributed by atoms with Crippen LogP contribution in [0.4, 0.5) is 0 Å². The van der Waals surface area contributed by atoms with E-state index in [2.05, 4.69) is 31.8 Å². The Labute approximate surface area is 68.2 Å². The normalized spacial score (nSPS) is 40.9. The van der Waals surface area contributed by atoms with Crippen molar-refractivity contribution >= 4 is 0 Å². The van der Waals surface area contributed by atoms with Crippen LogP contribution in [0.3, 0.4) is 0 Å². The summed E-state index contributed by atoms with van der Waals surface area (Å²) in [6.45, 7) is 8.36. The number of fused-ring (bicyclic) bond motifs is 1. The molecule has 0 aromatic heterocycles. The zero-order valence-electron chi connectivity index (χ0n) is 7.22. The van der Waals surface area contributed by atoms with Gasteiger partial charge in [-0.1, -0.05) is 23.8 Å². The van der Waals surface area contributed by atoms with Crippen LogP contribution in [0.2, 0.25) is 0 Å². The summed E-state index contributed by atoms with van der Waals surface area (Å²) < 4.78 is 0. The van der Waals surface area contributed by atoms with E-state index in [0.717, 1.165) is 6.04 Å². The van der Waals surface area contributed by atoms with Crippen molar-refractivity contribution in [2.45, 2.75) is 32.4 Å². The molecule has 0 spiro atoms. The van der Waals surface area contributed by atoms with Gasteiger partial charge in [-0.05, 0) is 26.2 Å². The molecule has 11 heavy (non-hydrogen) atoms. The van der Waals surface area contributed by atoms with Crippen molar-refractivity contribution in [3.8, 4) is 0 Å². The maximum Gasteiger partial charge on any atom is 0.0441 e. The van der Waals surface area contributed by atoms with Gasteiger partial charge in [0.15, 0.2) is 0 Å². The van der Waals surface area contributed by atoms with Crippen LogP contribution >= 0.6 is 0 Å². The van der Waals surface area contributed by atoms with E-state index in [1.54, 1.807) is 0 Å². The van der Waals surface area contributed by atoms with E-state index < -0.39 is 0 Å². The van der Waals surface area contributed by atoms with E-state index in [1.807, 2.05) is 0 Å². The standard InChI is InChI=1S/C10H15N/c1-6(2)8-5-4-7(3)9-10(8)11-9/h4,8-11H,1,5H2,2-3H3. The SMILES string of the molecule is C=C(C)C1CC=C(C)C2NC12. The van der Waals surface area contributed by atoms with E-state index in [9.17, 15) is 0 Å². The summed E-state index contributed by atoms with van der Waals surface area (Å²) in [6.07, 6.45) is 3.54. The molecule has 0 amide bonds. The fourth-order valence-corrected chi connectivity index (χ4v) is 2.01. The van der Waals surface area contributed by atoms with Crippen molar-refractivity contribution in [2.24, 2.45) is 5.92 Å². The molecule has 1 nitrogen and oxygen atoms in total. The fraction of sp³-hybridized carbons (Fsp3) is 0.600. The molecule has 0 aromatic carbocycles. The molecule has 2 rings (SSSR count). The Kier molecular flexibility index (Phi) is 1.43. The zero-order valence-corrected chi connectivity index (χ0v) is 7.22. The third-order valence-corrected chi connectivity index (χ3v) is 2.87. The Hall–Kier alpha value is -0.560. The minimum atomic E-state index is 0.686. The Balaban J connectivity index is 2.15. The predicted octanol–water partition coefficient (Wildman–Crippen LogP) is 1.87. The van der Waals surface area contributed by atoms with E-state index >= 15 is 0 Å². The van der Waals surface area contributed by atoms with Gasteiger partial charge in [0.25, 0.3) is 0 Å². The molecule has 0 bridgehead atoms. The molecular formula is C10H15N. The van der Waals surface area contributed by atoms with Gasteiger partial charge in [0.1, 0.15) is 0 Å². The summed E-state index contributed by atoms with van der Waals surface area (Å²) in [6, 6.07) is 1.41. The average molecular weight is 149 g/mol. The predicted molar refractivity (Wildman–Crippen MR) is 47.4 cm³/mol. The third-order valence-electron chi connectivity index (χ3n) is 2.87. The molecule has 1 heterocycles. The maximum atomic E-state index is 4.01. The Morgan fingerprint density at radius 3 is 3.09 bits per heavy atom. The highest BCUT2D eigenvalue weighted by Crippen LogP contribution is 2.36. The van der Waals surface area contributed by atoms with Crippen molar-refractivity contribution in [3.63, 3.8) is 0 Å². The number of rotatable bonds is 1. The third kappa shape index (κ3) is 1.04. The molecule has 1 N–H and O–H groups in total. The summed E-state index contributed by atoms with van der Waals surface area (Å²) in [5, 5.41) is 3.48. The van der Waals surface area contributed by atoms with E-state index in [-0.39, 0.29) is 0 Å². The fourth-order valence-electron chi connectivity index (χ4n) is 2.01. The molecule has 0 radical (unpaired) electrons.